The lowest BCUT2D eigenvalue weighted by Gasteiger charge is -2.13. The fourth-order valence-corrected chi connectivity index (χ4v) is 2.30. The van der Waals surface area contributed by atoms with Gasteiger partial charge in [0.15, 0.2) is 5.82 Å². The summed E-state index contributed by atoms with van der Waals surface area (Å²) in [5, 5.41) is 3.21. The molecular formula is C16H17N5. The molecule has 0 aliphatic carbocycles. The lowest BCUT2D eigenvalue weighted by Crippen LogP contribution is -2.14. The van der Waals surface area contributed by atoms with E-state index in [0.29, 0.717) is 5.82 Å². The summed E-state index contributed by atoms with van der Waals surface area (Å²) in [6.45, 7) is 4.10. The molecule has 0 bridgehead atoms. The van der Waals surface area contributed by atoms with Crippen LogP contribution in [0.1, 0.15) is 24.2 Å². The molecule has 2 heterocycles. The largest absolute Gasteiger partial charge is 0.313 e. The molecule has 0 spiro atoms. The molecule has 5 heteroatoms. The average Bonchev–Trinajstić information content (AvgIpc) is 2.53. The first-order valence-corrected chi connectivity index (χ1v) is 6.91. The third-order valence-corrected chi connectivity index (χ3v) is 3.64. The second-order valence-electron chi connectivity index (χ2n) is 5.00. The number of aryl methyl sites for hydroxylation is 1. The Balaban J connectivity index is 2.04. The zero-order chi connectivity index (χ0) is 14.8. The number of rotatable bonds is 3. The molecule has 21 heavy (non-hydrogen) atoms. The number of nitrogens with zero attached hydrogens (tertiary/aromatic N) is 4. The van der Waals surface area contributed by atoms with Gasteiger partial charge in [0.1, 0.15) is 0 Å². The lowest BCUT2D eigenvalue weighted by molar-refractivity contribution is 0.641. The third kappa shape index (κ3) is 2.60. The van der Waals surface area contributed by atoms with E-state index in [1.807, 2.05) is 38.4 Å². The Morgan fingerprint density at radius 2 is 1.81 bits per heavy atom. The summed E-state index contributed by atoms with van der Waals surface area (Å²) in [6, 6.07) is 6.13. The van der Waals surface area contributed by atoms with E-state index in [4.69, 9.17) is 0 Å². The topological polar surface area (TPSA) is 63.6 Å². The van der Waals surface area contributed by atoms with E-state index in [2.05, 4.69) is 32.2 Å². The van der Waals surface area contributed by atoms with Gasteiger partial charge in [0.25, 0.3) is 0 Å². The maximum Gasteiger partial charge on any atom is 0.159 e. The molecule has 3 rings (SSSR count). The van der Waals surface area contributed by atoms with Crippen LogP contribution >= 0.6 is 0 Å². The lowest BCUT2D eigenvalue weighted by atomic mass is 10.1. The fraction of sp³-hybridized carbons (Fsp3) is 0.250. The van der Waals surface area contributed by atoms with Crippen LogP contribution in [-0.4, -0.2) is 27.0 Å². The molecule has 0 amide bonds. The summed E-state index contributed by atoms with van der Waals surface area (Å²) in [4.78, 5) is 17.7. The smallest absolute Gasteiger partial charge is 0.159 e. The van der Waals surface area contributed by atoms with E-state index >= 15 is 0 Å². The van der Waals surface area contributed by atoms with Crippen LogP contribution in [0.25, 0.3) is 22.4 Å². The van der Waals surface area contributed by atoms with Crippen LogP contribution in [0.15, 0.2) is 36.8 Å². The fourth-order valence-electron chi connectivity index (χ4n) is 2.30. The quantitative estimate of drug-likeness (QED) is 0.798. The molecule has 5 nitrogen and oxygen atoms in total. The molecular weight excluding hydrogens is 262 g/mol. The number of hydrogen-bond acceptors (Lipinski definition) is 5. The summed E-state index contributed by atoms with van der Waals surface area (Å²) >= 11 is 0. The van der Waals surface area contributed by atoms with E-state index in [1.165, 1.54) is 0 Å². The number of hydrogen-bond donors (Lipinski definition) is 1. The van der Waals surface area contributed by atoms with Gasteiger partial charge in [0, 0.05) is 41.5 Å². The Labute approximate surface area is 123 Å². The van der Waals surface area contributed by atoms with Crippen molar-refractivity contribution < 1.29 is 0 Å². The summed E-state index contributed by atoms with van der Waals surface area (Å²) < 4.78 is 0. The number of benzene rings is 1. The second kappa shape index (κ2) is 5.54. The minimum absolute atomic E-state index is 0.238. The zero-order valence-electron chi connectivity index (χ0n) is 12.3. The first kappa shape index (κ1) is 13.6. The molecule has 1 aromatic carbocycles. The van der Waals surface area contributed by atoms with E-state index in [0.717, 1.165) is 27.9 Å². The molecule has 1 atom stereocenters. The van der Waals surface area contributed by atoms with Crippen LogP contribution in [0.5, 0.6) is 0 Å². The molecule has 0 radical (unpaired) electrons. The van der Waals surface area contributed by atoms with Crippen molar-refractivity contribution in [2.45, 2.75) is 19.9 Å². The van der Waals surface area contributed by atoms with Gasteiger partial charge in [-0.1, -0.05) is 0 Å². The van der Waals surface area contributed by atoms with E-state index in [1.54, 1.807) is 12.4 Å². The van der Waals surface area contributed by atoms with Gasteiger partial charge in [0.2, 0.25) is 0 Å². The Morgan fingerprint density at radius 1 is 1.05 bits per heavy atom. The minimum atomic E-state index is 0.238. The van der Waals surface area contributed by atoms with Gasteiger partial charge < -0.3 is 5.32 Å². The van der Waals surface area contributed by atoms with E-state index in [9.17, 15) is 0 Å². The van der Waals surface area contributed by atoms with Crippen molar-refractivity contribution in [3.05, 3.63) is 48.0 Å². The van der Waals surface area contributed by atoms with Gasteiger partial charge in [-0.15, -0.1) is 0 Å². The van der Waals surface area contributed by atoms with Crippen molar-refractivity contribution in [3.8, 4) is 11.4 Å². The molecule has 0 aliphatic heterocycles. The maximum atomic E-state index is 4.62. The Kier molecular flexibility index (Phi) is 3.58. The van der Waals surface area contributed by atoms with Crippen molar-refractivity contribution in [2.75, 3.05) is 7.05 Å². The normalized spacial score (nSPS) is 12.5. The van der Waals surface area contributed by atoms with Crippen molar-refractivity contribution in [2.24, 2.45) is 0 Å². The van der Waals surface area contributed by atoms with Crippen LogP contribution in [0.2, 0.25) is 0 Å². The molecule has 0 saturated heterocycles. The van der Waals surface area contributed by atoms with Crippen LogP contribution in [0.4, 0.5) is 0 Å². The van der Waals surface area contributed by atoms with Gasteiger partial charge in [-0.3, -0.25) is 9.97 Å². The standard InChI is InChI=1S/C16H17N5/c1-10(17-3)13-9-20-16(21-11(13)2)12-4-5-14-15(8-12)19-7-6-18-14/h4-10,17H,1-3H3. The summed E-state index contributed by atoms with van der Waals surface area (Å²) in [5.41, 5.74) is 4.78. The van der Waals surface area contributed by atoms with Crippen molar-refractivity contribution in [3.63, 3.8) is 0 Å². The molecule has 1 N–H and O–H groups in total. The first-order valence-electron chi connectivity index (χ1n) is 6.91. The Morgan fingerprint density at radius 3 is 2.52 bits per heavy atom. The van der Waals surface area contributed by atoms with Gasteiger partial charge in [-0.25, -0.2) is 9.97 Å². The summed E-state index contributed by atoms with van der Waals surface area (Å²) in [6.07, 6.45) is 5.27. The highest BCUT2D eigenvalue weighted by atomic mass is 14.9. The van der Waals surface area contributed by atoms with Crippen LogP contribution in [0, 0.1) is 6.92 Å². The molecule has 0 aliphatic rings. The van der Waals surface area contributed by atoms with Crippen molar-refractivity contribution in [1.29, 1.82) is 0 Å². The molecule has 0 fully saturated rings. The molecule has 0 saturated carbocycles. The SMILES string of the molecule is CNC(C)c1cnc(-c2ccc3nccnc3c2)nc1C. The highest BCUT2D eigenvalue weighted by Gasteiger charge is 2.10. The van der Waals surface area contributed by atoms with Crippen molar-refractivity contribution >= 4 is 11.0 Å². The molecule has 1 unspecified atom stereocenters. The summed E-state index contributed by atoms with van der Waals surface area (Å²) in [7, 11) is 1.93. The number of aromatic nitrogens is 4. The maximum absolute atomic E-state index is 4.62. The zero-order valence-corrected chi connectivity index (χ0v) is 12.3. The highest BCUT2D eigenvalue weighted by Crippen LogP contribution is 2.22. The Hall–Kier alpha value is -2.40. The minimum Gasteiger partial charge on any atom is -0.313 e. The third-order valence-electron chi connectivity index (χ3n) is 3.64. The number of fused-ring (bicyclic) bond motifs is 1. The Bertz CT molecular complexity index is 784. The predicted molar refractivity (Wildman–Crippen MR) is 82.8 cm³/mol. The van der Waals surface area contributed by atoms with Crippen LogP contribution in [-0.2, 0) is 0 Å². The molecule has 106 valence electrons. The second-order valence-corrected chi connectivity index (χ2v) is 5.00. The number of nitrogens with one attached hydrogen (secondary N) is 1. The molecule has 2 aromatic heterocycles. The van der Waals surface area contributed by atoms with E-state index < -0.39 is 0 Å². The van der Waals surface area contributed by atoms with Gasteiger partial charge in [-0.2, -0.15) is 0 Å². The average molecular weight is 279 g/mol. The molecule has 3 aromatic rings. The van der Waals surface area contributed by atoms with Gasteiger partial charge in [-0.05, 0) is 39.1 Å². The van der Waals surface area contributed by atoms with Crippen molar-refractivity contribution in [1.82, 2.24) is 25.3 Å². The van der Waals surface area contributed by atoms with Gasteiger partial charge >= 0.3 is 0 Å². The summed E-state index contributed by atoms with van der Waals surface area (Å²) in [5.74, 6) is 0.715. The first-order chi connectivity index (χ1) is 10.2. The predicted octanol–water partition coefficient (Wildman–Crippen LogP) is 2.68. The van der Waals surface area contributed by atoms with Crippen LogP contribution < -0.4 is 5.32 Å². The van der Waals surface area contributed by atoms with E-state index in [-0.39, 0.29) is 6.04 Å². The van der Waals surface area contributed by atoms with Crippen LogP contribution in [0.3, 0.4) is 0 Å². The van der Waals surface area contributed by atoms with Gasteiger partial charge in [0.05, 0.1) is 11.0 Å². The monoisotopic (exact) mass is 279 g/mol. The highest BCUT2D eigenvalue weighted by molar-refractivity contribution is 5.79.